The third-order valence-electron chi connectivity index (χ3n) is 4.70. The molecule has 0 spiro atoms. The Bertz CT molecular complexity index is 867. The van der Waals surface area contributed by atoms with E-state index in [1.807, 2.05) is 12.5 Å². The smallest absolute Gasteiger partial charge is 0.136 e. The summed E-state index contributed by atoms with van der Waals surface area (Å²) < 4.78 is 21.6. The fourth-order valence-electron chi connectivity index (χ4n) is 2.99. The predicted octanol–water partition coefficient (Wildman–Crippen LogP) is 3.63. The van der Waals surface area contributed by atoms with Gasteiger partial charge in [-0.25, -0.2) is 9.37 Å². The van der Waals surface area contributed by atoms with Crippen LogP contribution in [0.25, 0.3) is 11.3 Å². The molecule has 3 rings (SSSR count). The molecular weight excluding hydrogens is 345 g/mol. The number of aromatic amines is 1. The maximum Gasteiger partial charge on any atom is 0.136 e. The molecule has 0 aliphatic rings. The summed E-state index contributed by atoms with van der Waals surface area (Å²) in [6, 6.07) is 5.03. The van der Waals surface area contributed by atoms with Crippen molar-refractivity contribution in [2.24, 2.45) is 5.41 Å². The number of hydrogen-bond donors (Lipinski definition) is 2. The van der Waals surface area contributed by atoms with E-state index in [2.05, 4.69) is 45.8 Å². The minimum atomic E-state index is -0.342. The number of nitrogens with one attached hydrogen (secondary N) is 2. The van der Waals surface area contributed by atoms with Gasteiger partial charge in [-0.15, -0.1) is 0 Å². The Morgan fingerprint density at radius 3 is 2.78 bits per heavy atom. The van der Waals surface area contributed by atoms with E-state index in [9.17, 15) is 4.39 Å². The Hall–Kier alpha value is -2.67. The fourth-order valence-corrected chi connectivity index (χ4v) is 2.99. The molecular formula is C20H26FN5O. The first-order valence-corrected chi connectivity index (χ1v) is 8.93. The molecule has 0 fully saturated rings. The van der Waals surface area contributed by atoms with Crippen molar-refractivity contribution in [2.45, 2.75) is 39.9 Å². The highest BCUT2D eigenvalue weighted by atomic mass is 19.1. The van der Waals surface area contributed by atoms with E-state index in [0.29, 0.717) is 23.6 Å². The number of nitrogens with zero attached hydrogens (tertiary/aromatic N) is 3. The monoisotopic (exact) mass is 371 g/mol. The molecule has 2 aromatic heterocycles. The van der Waals surface area contributed by atoms with E-state index in [1.54, 1.807) is 24.5 Å². The molecule has 6 nitrogen and oxygen atoms in total. The van der Waals surface area contributed by atoms with Crippen molar-refractivity contribution in [3.63, 3.8) is 0 Å². The summed E-state index contributed by atoms with van der Waals surface area (Å²) in [6.07, 6.45) is 7.29. The number of aromatic nitrogens is 4. The number of halogens is 1. The van der Waals surface area contributed by atoms with Crippen LogP contribution < -0.4 is 10.1 Å². The van der Waals surface area contributed by atoms with Crippen LogP contribution in [0.3, 0.4) is 0 Å². The molecule has 0 radical (unpaired) electrons. The lowest BCUT2D eigenvalue weighted by Gasteiger charge is -2.32. The number of methoxy groups -OCH3 is 1. The minimum Gasteiger partial charge on any atom is -0.497 e. The van der Waals surface area contributed by atoms with Gasteiger partial charge >= 0.3 is 0 Å². The fraction of sp³-hybridized carbons (Fsp3) is 0.400. The standard InChI is InChI=1S/C20H26FN5O/c1-20(2,3)18(12-26-8-7-22-13-26)23-10-14-11-24-25-19(14)16-6-5-15(27-4)9-17(16)21/h5-9,11,13,18,23H,10,12H2,1-4H3,(H,24,25)/t18-/m1/s1. The lowest BCUT2D eigenvalue weighted by Crippen LogP contribution is -2.43. The van der Waals surface area contributed by atoms with E-state index in [0.717, 1.165) is 12.1 Å². The summed E-state index contributed by atoms with van der Waals surface area (Å²) in [7, 11) is 1.52. The van der Waals surface area contributed by atoms with Gasteiger partial charge in [-0.3, -0.25) is 5.10 Å². The van der Waals surface area contributed by atoms with E-state index in [-0.39, 0.29) is 17.3 Å². The van der Waals surface area contributed by atoms with Crippen LogP contribution in [-0.2, 0) is 13.1 Å². The van der Waals surface area contributed by atoms with Gasteiger partial charge in [0.05, 0.1) is 25.3 Å². The van der Waals surface area contributed by atoms with Gasteiger partial charge in [0, 0.05) is 48.7 Å². The van der Waals surface area contributed by atoms with Crippen LogP contribution in [0.5, 0.6) is 5.75 Å². The predicted molar refractivity (Wildman–Crippen MR) is 103 cm³/mol. The van der Waals surface area contributed by atoms with Crippen LogP contribution in [0.1, 0.15) is 26.3 Å². The third kappa shape index (κ3) is 4.54. The van der Waals surface area contributed by atoms with E-state index < -0.39 is 0 Å². The lowest BCUT2D eigenvalue weighted by atomic mass is 9.86. The molecule has 144 valence electrons. The molecule has 0 saturated heterocycles. The Morgan fingerprint density at radius 1 is 1.33 bits per heavy atom. The first-order valence-electron chi connectivity index (χ1n) is 8.93. The van der Waals surface area contributed by atoms with Gasteiger partial charge < -0.3 is 14.6 Å². The van der Waals surface area contributed by atoms with Crippen molar-refractivity contribution in [2.75, 3.05) is 7.11 Å². The number of rotatable bonds is 7. The second-order valence-electron chi connectivity index (χ2n) is 7.68. The molecule has 1 atom stereocenters. The highest BCUT2D eigenvalue weighted by molar-refractivity contribution is 5.64. The van der Waals surface area contributed by atoms with Gasteiger partial charge in [0.15, 0.2) is 0 Å². The van der Waals surface area contributed by atoms with Crippen LogP contribution in [0.2, 0.25) is 0 Å². The maximum absolute atomic E-state index is 14.5. The van der Waals surface area contributed by atoms with Crippen LogP contribution in [0, 0.1) is 11.2 Å². The van der Waals surface area contributed by atoms with Gasteiger partial charge in [-0.2, -0.15) is 5.10 Å². The molecule has 7 heteroatoms. The zero-order valence-electron chi connectivity index (χ0n) is 16.2. The summed E-state index contributed by atoms with van der Waals surface area (Å²) in [6.45, 7) is 7.96. The summed E-state index contributed by atoms with van der Waals surface area (Å²) in [4.78, 5) is 4.11. The van der Waals surface area contributed by atoms with Crippen LogP contribution >= 0.6 is 0 Å². The molecule has 3 aromatic rings. The summed E-state index contributed by atoms with van der Waals surface area (Å²) >= 11 is 0. The number of benzene rings is 1. The van der Waals surface area contributed by atoms with Crippen molar-refractivity contribution in [3.05, 3.63) is 54.5 Å². The molecule has 1 aromatic carbocycles. The largest absolute Gasteiger partial charge is 0.497 e. The van der Waals surface area contributed by atoms with Gasteiger partial charge in [0.1, 0.15) is 11.6 Å². The highest BCUT2D eigenvalue weighted by Gasteiger charge is 2.25. The number of imidazole rings is 1. The second kappa shape index (κ2) is 7.92. The van der Waals surface area contributed by atoms with Crippen molar-refractivity contribution in [1.82, 2.24) is 25.1 Å². The Kier molecular flexibility index (Phi) is 5.60. The van der Waals surface area contributed by atoms with Crippen LogP contribution in [0.4, 0.5) is 4.39 Å². The van der Waals surface area contributed by atoms with Gasteiger partial charge in [-0.1, -0.05) is 20.8 Å². The third-order valence-corrected chi connectivity index (χ3v) is 4.70. The number of ether oxygens (including phenoxy) is 1. The zero-order chi connectivity index (χ0) is 19.4. The minimum absolute atomic E-state index is 0.0412. The molecule has 27 heavy (non-hydrogen) atoms. The zero-order valence-corrected chi connectivity index (χ0v) is 16.2. The first kappa shape index (κ1) is 19.1. The summed E-state index contributed by atoms with van der Waals surface area (Å²) in [5.41, 5.74) is 2.11. The van der Waals surface area contributed by atoms with Crippen molar-refractivity contribution < 1.29 is 9.13 Å². The van der Waals surface area contributed by atoms with E-state index in [4.69, 9.17) is 4.74 Å². The SMILES string of the molecule is COc1ccc(-c2[nH]ncc2CN[C@H](Cn2ccnc2)C(C)(C)C)c(F)c1. The molecule has 0 amide bonds. The van der Waals surface area contributed by atoms with Crippen molar-refractivity contribution in [1.29, 1.82) is 0 Å². The average molecular weight is 371 g/mol. The summed E-state index contributed by atoms with van der Waals surface area (Å²) in [5.74, 6) is 0.147. The quantitative estimate of drug-likeness (QED) is 0.666. The lowest BCUT2D eigenvalue weighted by molar-refractivity contribution is 0.240. The molecule has 0 aliphatic heterocycles. The molecule has 0 saturated carbocycles. The van der Waals surface area contributed by atoms with Crippen molar-refractivity contribution in [3.8, 4) is 17.0 Å². The van der Waals surface area contributed by atoms with E-state index >= 15 is 0 Å². The Morgan fingerprint density at radius 2 is 2.15 bits per heavy atom. The Labute approximate surface area is 158 Å². The Balaban J connectivity index is 1.77. The molecule has 0 bridgehead atoms. The normalized spacial score (nSPS) is 12.9. The second-order valence-corrected chi connectivity index (χ2v) is 7.68. The maximum atomic E-state index is 14.5. The molecule has 2 N–H and O–H groups in total. The summed E-state index contributed by atoms with van der Waals surface area (Å²) in [5, 5.41) is 10.6. The van der Waals surface area contributed by atoms with E-state index in [1.165, 1.54) is 13.2 Å². The van der Waals surface area contributed by atoms with Gasteiger partial charge in [0.2, 0.25) is 0 Å². The molecule has 0 aliphatic carbocycles. The van der Waals surface area contributed by atoms with Crippen LogP contribution in [0.15, 0.2) is 43.1 Å². The number of H-pyrrole nitrogens is 1. The van der Waals surface area contributed by atoms with Gasteiger partial charge in [0.25, 0.3) is 0 Å². The number of hydrogen-bond acceptors (Lipinski definition) is 4. The first-order chi connectivity index (χ1) is 12.9. The highest BCUT2D eigenvalue weighted by Crippen LogP contribution is 2.28. The van der Waals surface area contributed by atoms with Gasteiger partial charge in [-0.05, 0) is 17.5 Å². The average Bonchev–Trinajstić information content (AvgIpc) is 3.29. The molecule has 2 heterocycles. The van der Waals surface area contributed by atoms with Crippen molar-refractivity contribution >= 4 is 0 Å². The van der Waals surface area contributed by atoms with Crippen LogP contribution in [-0.4, -0.2) is 32.9 Å². The molecule has 0 unspecified atom stereocenters. The topological polar surface area (TPSA) is 67.8 Å².